The molecule has 2 aliphatic heterocycles. The second-order valence-corrected chi connectivity index (χ2v) is 8.80. The lowest BCUT2D eigenvalue weighted by molar-refractivity contribution is -0.148. The molecule has 1 amide bonds. The van der Waals surface area contributed by atoms with Gasteiger partial charge in [0.25, 0.3) is 0 Å². The zero-order valence-corrected chi connectivity index (χ0v) is 18.4. The van der Waals surface area contributed by atoms with Crippen molar-refractivity contribution in [2.24, 2.45) is 5.41 Å². The van der Waals surface area contributed by atoms with Gasteiger partial charge in [-0.15, -0.1) is 0 Å². The van der Waals surface area contributed by atoms with Gasteiger partial charge in [0.15, 0.2) is 0 Å². The smallest absolute Gasteiger partial charge is 0.229 e. The Morgan fingerprint density at radius 3 is 2.40 bits per heavy atom. The van der Waals surface area contributed by atoms with E-state index in [1.165, 1.54) is 5.56 Å². The van der Waals surface area contributed by atoms with Gasteiger partial charge in [-0.1, -0.05) is 24.3 Å². The van der Waals surface area contributed by atoms with E-state index in [0.717, 1.165) is 68.2 Å². The molecule has 2 saturated heterocycles. The van der Waals surface area contributed by atoms with Crippen LogP contribution < -0.4 is 4.90 Å². The molecule has 2 fully saturated rings. The van der Waals surface area contributed by atoms with Gasteiger partial charge in [-0.3, -0.25) is 4.79 Å². The number of nitrogens with zero attached hydrogens (tertiary/aromatic N) is 4. The van der Waals surface area contributed by atoms with Crippen LogP contribution in [0, 0.1) is 19.3 Å². The number of carbonyl (C=O) groups excluding carboxylic acids is 1. The Hall–Kier alpha value is -2.47. The number of methoxy groups -OCH3 is 1. The SMILES string of the molecule is COCc1cccc(CN2CCCC3(CCN(c4nc(C)cc(C)n4)CC3)C2=O)c1. The average molecular weight is 409 g/mol. The molecule has 1 spiro atoms. The second kappa shape index (κ2) is 8.72. The van der Waals surface area contributed by atoms with Gasteiger partial charge in [-0.25, -0.2) is 9.97 Å². The minimum atomic E-state index is -0.224. The lowest BCUT2D eigenvalue weighted by Gasteiger charge is -2.46. The van der Waals surface area contributed by atoms with Gasteiger partial charge < -0.3 is 14.5 Å². The predicted octanol–water partition coefficient (Wildman–Crippen LogP) is 3.65. The largest absolute Gasteiger partial charge is 0.380 e. The number of amides is 1. The number of ether oxygens (including phenoxy) is 1. The maximum Gasteiger partial charge on any atom is 0.229 e. The zero-order chi connectivity index (χ0) is 21.1. The number of piperidine rings is 2. The summed E-state index contributed by atoms with van der Waals surface area (Å²) in [6.07, 6.45) is 3.82. The van der Waals surface area contributed by atoms with Crippen LogP contribution in [0.4, 0.5) is 5.95 Å². The summed E-state index contributed by atoms with van der Waals surface area (Å²) < 4.78 is 5.25. The molecular formula is C24H32N4O2. The van der Waals surface area contributed by atoms with Crippen molar-refractivity contribution < 1.29 is 9.53 Å². The topological polar surface area (TPSA) is 58.6 Å². The summed E-state index contributed by atoms with van der Waals surface area (Å²) in [5, 5.41) is 0. The summed E-state index contributed by atoms with van der Waals surface area (Å²) in [4.78, 5) is 27.1. The van der Waals surface area contributed by atoms with Crippen LogP contribution >= 0.6 is 0 Å². The number of hydrogen-bond acceptors (Lipinski definition) is 5. The van der Waals surface area contributed by atoms with E-state index in [-0.39, 0.29) is 5.41 Å². The van der Waals surface area contributed by atoms with Gasteiger partial charge in [0, 0.05) is 44.7 Å². The summed E-state index contributed by atoms with van der Waals surface area (Å²) in [5.41, 5.74) is 4.09. The standard InChI is InChI=1S/C24H32N4O2/c1-18-14-19(2)26-23(25-18)27-12-9-24(10-13-27)8-5-11-28(22(24)29)16-20-6-4-7-21(15-20)17-30-3/h4,6-7,14-15H,5,8-13,16-17H2,1-3H3. The number of benzene rings is 1. The van der Waals surface area contributed by atoms with Crippen LogP contribution in [0.25, 0.3) is 0 Å². The fraction of sp³-hybridized carbons (Fsp3) is 0.542. The third kappa shape index (κ3) is 4.33. The molecule has 2 aromatic rings. The van der Waals surface area contributed by atoms with Crippen molar-refractivity contribution in [3.63, 3.8) is 0 Å². The summed E-state index contributed by atoms with van der Waals surface area (Å²) >= 11 is 0. The predicted molar refractivity (Wildman–Crippen MR) is 117 cm³/mol. The second-order valence-electron chi connectivity index (χ2n) is 8.80. The molecule has 1 aromatic heterocycles. The van der Waals surface area contributed by atoms with Crippen LogP contribution in [0.5, 0.6) is 0 Å². The van der Waals surface area contributed by atoms with Gasteiger partial charge in [0.1, 0.15) is 0 Å². The summed E-state index contributed by atoms with van der Waals surface area (Å²) in [5.74, 6) is 1.13. The zero-order valence-electron chi connectivity index (χ0n) is 18.4. The molecule has 0 N–H and O–H groups in total. The van der Waals surface area contributed by atoms with E-state index in [4.69, 9.17) is 4.74 Å². The molecule has 0 radical (unpaired) electrons. The number of aromatic nitrogens is 2. The van der Waals surface area contributed by atoms with E-state index in [9.17, 15) is 4.79 Å². The monoisotopic (exact) mass is 408 g/mol. The summed E-state index contributed by atoms with van der Waals surface area (Å²) in [6.45, 7) is 7.82. The van der Waals surface area contributed by atoms with E-state index < -0.39 is 0 Å². The highest BCUT2D eigenvalue weighted by Gasteiger charge is 2.45. The van der Waals surface area contributed by atoms with Gasteiger partial charge >= 0.3 is 0 Å². The van der Waals surface area contributed by atoms with Gasteiger partial charge in [-0.05, 0) is 56.7 Å². The Balaban J connectivity index is 1.44. The highest BCUT2D eigenvalue weighted by Crippen LogP contribution is 2.41. The first kappa shape index (κ1) is 20.8. The first-order valence-corrected chi connectivity index (χ1v) is 10.9. The van der Waals surface area contributed by atoms with Crippen LogP contribution in [-0.2, 0) is 22.7 Å². The number of carbonyl (C=O) groups is 1. The van der Waals surface area contributed by atoms with Gasteiger partial charge in [0.05, 0.1) is 12.0 Å². The van der Waals surface area contributed by atoms with Crippen molar-refractivity contribution >= 4 is 11.9 Å². The Kier molecular flexibility index (Phi) is 6.04. The minimum Gasteiger partial charge on any atom is -0.380 e. The molecule has 160 valence electrons. The Bertz CT molecular complexity index is 886. The molecule has 1 aromatic carbocycles. The Labute approximate surface area is 179 Å². The third-order valence-electron chi connectivity index (χ3n) is 6.47. The first-order valence-electron chi connectivity index (χ1n) is 10.9. The molecule has 0 atom stereocenters. The highest BCUT2D eigenvalue weighted by molar-refractivity contribution is 5.84. The fourth-order valence-electron chi connectivity index (χ4n) is 4.96. The number of anilines is 1. The molecule has 0 bridgehead atoms. The van der Waals surface area contributed by atoms with Crippen molar-refractivity contribution in [2.75, 3.05) is 31.6 Å². The van der Waals surface area contributed by atoms with Gasteiger partial charge in [0.2, 0.25) is 11.9 Å². The van der Waals surface area contributed by atoms with Crippen LogP contribution in [0.1, 0.15) is 48.2 Å². The van der Waals surface area contributed by atoms with Crippen molar-refractivity contribution in [3.8, 4) is 0 Å². The maximum absolute atomic E-state index is 13.5. The van der Waals surface area contributed by atoms with Crippen LogP contribution in [0.15, 0.2) is 30.3 Å². The van der Waals surface area contributed by atoms with Gasteiger partial charge in [-0.2, -0.15) is 0 Å². The van der Waals surface area contributed by atoms with Crippen molar-refractivity contribution in [1.82, 2.24) is 14.9 Å². The van der Waals surface area contributed by atoms with Crippen molar-refractivity contribution in [3.05, 3.63) is 52.8 Å². The highest BCUT2D eigenvalue weighted by atomic mass is 16.5. The maximum atomic E-state index is 13.5. The fourth-order valence-corrected chi connectivity index (χ4v) is 4.96. The molecule has 4 rings (SSSR count). The molecule has 3 heterocycles. The van der Waals surface area contributed by atoms with Crippen LogP contribution in [0.2, 0.25) is 0 Å². The van der Waals surface area contributed by atoms with E-state index in [0.29, 0.717) is 19.1 Å². The van der Waals surface area contributed by atoms with E-state index in [1.54, 1.807) is 7.11 Å². The number of rotatable bonds is 5. The number of hydrogen-bond donors (Lipinski definition) is 0. The average Bonchev–Trinajstić information content (AvgIpc) is 2.72. The molecular weight excluding hydrogens is 376 g/mol. The van der Waals surface area contributed by atoms with Crippen molar-refractivity contribution in [1.29, 1.82) is 0 Å². The van der Waals surface area contributed by atoms with Crippen molar-refractivity contribution in [2.45, 2.75) is 52.7 Å². The minimum absolute atomic E-state index is 0.224. The van der Waals surface area contributed by atoms with E-state index >= 15 is 0 Å². The van der Waals surface area contributed by atoms with E-state index in [2.05, 4.69) is 44.0 Å². The number of likely N-dealkylation sites (tertiary alicyclic amines) is 1. The molecule has 0 aliphatic carbocycles. The first-order chi connectivity index (χ1) is 14.5. The molecule has 2 aliphatic rings. The molecule has 6 heteroatoms. The summed E-state index contributed by atoms with van der Waals surface area (Å²) in [7, 11) is 1.71. The molecule has 0 saturated carbocycles. The normalized spacial score (nSPS) is 18.8. The van der Waals surface area contributed by atoms with Crippen LogP contribution in [0.3, 0.4) is 0 Å². The lowest BCUT2D eigenvalue weighted by atomic mass is 9.71. The van der Waals surface area contributed by atoms with E-state index in [1.807, 2.05) is 19.9 Å². The Morgan fingerprint density at radius 2 is 1.70 bits per heavy atom. The third-order valence-corrected chi connectivity index (χ3v) is 6.47. The Morgan fingerprint density at radius 1 is 1.00 bits per heavy atom. The summed E-state index contributed by atoms with van der Waals surface area (Å²) in [6, 6.07) is 10.4. The lowest BCUT2D eigenvalue weighted by Crippen LogP contribution is -2.53. The quantitative estimate of drug-likeness (QED) is 0.756. The van der Waals surface area contributed by atoms with Crippen LogP contribution in [-0.4, -0.2) is 47.5 Å². The molecule has 6 nitrogen and oxygen atoms in total. The molecule has 0 unspecified atom stereocenters. The number of aryl methyl sites for hydroxylation is 2. The molecule has 30 heavy (non-hydrogen) atoms.